The monoisotopic (exact) mass is 261 g/mol. The Morgan fingerprint density at radius 2 is 2.00 bits per heavy atom. The minimum atomic E-state index is -0.186. The highest BCUT2D eigenvalue weighted by molar-refractivity contribution is 5.89. The Balaban J connectivity index is 1.96. The molecule has 2 nitrogen and oxygen atoms in total. The molecule has 0 aromatic rings. The van der Waals surface area contributed by atoms with Gasteiger partial charge in [-0.15, -0.1) is 0 Å². The number of hydrogen-bond donors (Lipinski definition) is 0. The fraction of sp³-hybridized carbons (Fsp3) is 0.824. The molecule has 1 amide bonds. The first-order valence-corrected chi connectivity index (χ1v) is 7.77. The van der Waals surface area contributed by atoms with Crippen LogP contribution >= 0.6 is 0 Å². The van der Waals surface area contributed by atoms with Gasteiger partial charge in [0, 0.05) is 17.9 Å². The van der Waals surface area contributed by atoms with Crippen molar-refractivity contribution in [3.63, 3.8) is 0 Å². The first-order chi connectivity index (χ1) is 8.95. The second-order valence-electron chi connectivity index (χ2n) is 6.88. The Labute approximate surface area is 117 Å². The van der Waals surface area contributed by atoms with Crippen molar-refractivity contribution in [2.45, 2.75) is 78.7 Å². The standard InChI is InChI=1S/C17H27NO/c1-5-6-7-8-9-10-13-18-14-11-12-17(4,15(18)19)16(14,2)3/h14H,5-9,11-12H2,1-4H3/t14-,17-/m0/s1. The predicted molar refractivity (Wildman–Crippen MR) is 78.3 cm³/mol. The molecule has 2 rings (SSSR count). The molecule has 2 heteroatoms. The maximum atomic E-state index is 12.5. The van der Waals surface area contributed by atoms with E-state index in [4.69, 9.17) is 0 Å². The quantitative estimate of drug-likeness (QED) is 0.554. The number of hydrogen-bond acceptors (Lipinski definition) is 1. The number of nitrogens with zero attached hydrogens (tertiary/aromatic N) is 1. The van der Waals surface area contributed by atoms with Crippen molar-refractivity contribution in [3.05, 3.63) is 0 Å². The van der Waals surface area contributed by atoms with Gasteiger partial charge in [-0.1, -0.05) is 52.9 Å². The third-order valence-electron chi connectivity index (χ3n) is 5.53. The number of fused-ring (bicyclic) bond motifs is 2. The van der Waals surface area contributed by atoms with Crippen LogP contribution in [0.4, 0.5) is 0 Å². The second-order valence-corrected chi connectivity index (χ2v) is 6.88. The molecule has 1 saturated heterocycles. The van der Waals surface area contributed by atoms with E-state index < -0.39 is 0 Å². The molecule has 2 bridgehead atoms. The molecular weight excluding hydrogens is 234 g/mol. The molecule has 106 valence electrons. The fourth-order valence-corrected chi connectivity index (χ4v) is 3.63. The highest BCUT2D eigenvalue weighted by Crippen LogP contribution is 2.60. The number of carbonyl (C=O) groups is 1. The van der Waals surface area contributed by atoms with Gasteiger partial charge in [-0.25, -0.2) is 0 Å². The lowest BCUT2D eigenvalue weighted by molar-refractivity contribution is -0.136. The molecule has 0 unspecified atom stereocenters. The number of piperidine rings is 1. The molecule has 2 aliphatic rings. The second kappa shape index (κ2) is 5.19. The highest BCUT2D eigenvalue weighted by Gasteiger charge is 2.65. The number of likely N-dealkylation sites (tertiary alicyclic amines) is 1. The number of unbranched alkanes of at least 4 members (excludes halogenated alkanes) is 4. The first kappa shape index (κ1) is 14.4. The SMILES string of the molecule is CCCCCCC#CN1C(=O)[C@]2(C)CC[C@H]1C2(C)C. The largest absolute Gasteiger partial charge is 0.273 e. The average molecular weight is 261 g/mol. The van der Waals surface area contributed by atoms with Crippen LogP contribution in [0.1, 0.15) is 72.6 Å². The van der Waals surface area contributed by atoms with Crippen LogP contribution in [0.2, 0.25) is 0 Å². The molecule has 0 radical (unpaired) electrons. The fourth-order valence-electron chi connectivity index (χ4n) is 3.63. The molecule has 2 atom stereocenters. The molecule has 19 heavy (non-hydrogen) atoms. The zero-order valence-corrected chi connectivity index (χ0v) is 12.9. The topological polar surface area (TPSA) is 20.3 Å². The zero-order chi connectivity index (χ0) is 14.1. The van der Waals surface area contributed by atoms with Gasteiger partial charge in [0.15, 0.2) is 0 Å². The van der Waals surface area contributed by atoms with Crippen molar-refractivity contribution >= 4 is 5.91 Å². The van der Waals surface area contributed by atoms with E-state index in [2.05, 4.69) is 39.7 Å². The van der Waals surface area contributed by atoms with Gasteiger partial charge in [0.05, 0.1) is 11.5 Å². The normalized spacial score (nSPS) is 31.5. The van der Waals surface area contributed by atoms with Crippen LogP contribution in [-0.4, -0.2) is 16.8 Å². The molecule has 0 aromatic carbocycles. The Kier molecular flexibility index (Phi) is 3.95. The summed E-state index contributed by atoms with van der Waals surface area (Å²) in [4.78, 5) is 14.3. The molecule has 1 saturated carbocycles. The molecule has 1 aliphatic carbocycles. The maximum Gasteiger partial charge on any atom is 0.240 e. The van der Waals surface area contributed by atoms with E-state index in [0.717, 1.165) is 25.7 Å². The van der Waals surface area contributed by atoms with E-state index in [-0.39, 0.29) is 16.7 Å². The van der Waals surface area contributed by atoms with Gasteiger partial charge in [0.2, 0.25) is 5.91 Å². The van der Waals surface area contributed by atoms with Crippen molar-refractivity contribution in [1.82, 2.24) is 4.90 Å². The lowest BCUT2D eigenvalue weighted by Crippen LogP contribution is -2.36. The summed E-state index contributed by atoms with van der Waals surface area (Å²) >= 11 is 0. The van der Waals surface area contributed by atoms with Crippen LogP contribution in [0.15, 0.2) is 0 Å². The van der Waals surface area contributed by atoms with E-state index >= 15 is 0 Å². The van der Waals surface area contributed by atoms with Gasteiger partial charge < -0.3 is 0 Å². The van der Waals surface area contributed by atoms with Crippen molar-refractivity contribution in [2.75, 3.05) is 0 Å². The third-order valence-corrected chi connectivity index (χ3v) is 5.53. The Morgan fingerprint density at radius 3 is 2.58 bits per heavy atom. The van der Waals surface area contributed by atoms with E-state index in [1.165, 1.54) is 19.3 Å². The number of rotatable bonds is 4. The summed E-state index contributed by atoms with van der Waals surface area (Å²) in [5.74, 6) is 3.47. The summed E-state index contributed by atoms with van der Waals surface area (Å²) in [5.41, 5.74) is -0.116. The van der Waals surface area contributed by atoms with Crippen LogP contribution in [0, 0.1) is 22.8 Å². The van der Waals surface area contributed by atoms with Crippen molar-refractivity contribution in [1.29, 1.82) is 0 Å². The molecule has 2 fully saturated rings. The molecule has 0 N–H and O–H groups in total. The molecular formula is C17H27NO. The van der Waals surface area contributed by atoms with Crippen molar-refractivity contribution in [2.24, 2.45) is 10.8 Å². The zero-order valence-electron chi connectivity index (χ0n) is 12.9. The molecule has 1 heterocycles. The van der Waals surface area contributed by atoms with Crippen LogP contribution in [0.25, 0.3) is 0 Å². The number of carbonyl (C=O) groups excluding carboxylic acids is 1. The van der Waals surface area contributed by atoms with Gasteiger partial charge in [0.1, 0.15) is 0 Å². The van der Waals surface area contributed by atoms with Gasteiger partial charge in [-0.2, -0.15) is 0 Å². The van der Waals surface area contributed by atoms with E-state index in [1.807, 2.05) is 4.90 Å². The van der Waals surface area contributed by atoms with Gasteiger partial charge in [0.25, 0.3) is 0 Å². The van der Waals surface area contributed by atoms with Crippen LogP contribution in [0.5, 0.6) is 0 Å². The Hall–Kier alpha value is -0.970. The molecule has 1 aliphatic heterocycles. The van der Waals surface area contributed by atoms with Gasteiger partial charge in [-0.05, 0) is 19.3 Å². The van der Waals surface area contributed by atoms with Crippen LogP contribution in [-0.2, 0) is 4.79 Å². The smallest absolute Gasteiger partial charge is 0.240 e. The summed E-state index contributed by atoms with van der Waals surface area (Å²) in [6.07, 6.45) is 8.02. The van der Waals surface area contributed by atoms with Crippen LogP contribution in [0.3, 0.4) is 0 Å². The van der Waals surface area contributed by atoms with E-state index in [1.54, 1.807) is 0 Å². The van der Waals surface area contributed by atoms with Crippen molar-refractivity contribution < 1.29 is 4.79 Å². The Morgan fingerprint density at radius 1 is 1.26 bits per heavy atom. The molecule has 0 spiro atoms. The van der Waals surface area contributed by atoms with E-state index in [0.29, 0.717) is 6.04 Å². The third kappa shape index (κ3) is 2.18. The predicted octanol–water partition coefficient (Wildman–Crippen LogP) is 3.95. The lowest BCUT2D eigenvalue weighted by atomic mass is 9.70. The summed E-state index contributed by atoms with van der Waals surface area (Å²) in [5, 5.41) is 0. The summed E-state index contributed by atoms with van der Waals surface area (Å²) in [6.45, 7) is 8.79. The minimum absolute atomic E-state index is 0.0704. The van der Waals surface area contributed by atoms with Gasteiger partial charge >= 0.3 is 0 Å². The summed E-state index contributed by atoms with van der Waals surface area (Å²) in [6, 6.07) is 3.48. The molecule has 0 aromatic heterocycles. The van der Waals surface area contributed by atoms with Crippen LogP contribution < -0.4 is 0 Å². The first-order valence-electron chi connectivity index (χ1n) is 7.77. The lowest BCUT2D eigenvalue weighted by Gasteiger charge is -2.29. The Bertz CT molecular complexity index is 415. The number of amides is 1. The van der Waals surface area contributed by atoms with E-state index in [9.17, 15) is 4.79 Å². The maximum absolute atomic E-state index is 12.5. The summed E-state index contributed by atoms with van der Waals surface area (Å²) in [7, 11) is 0. The average Bonchev–Trinajstić information content (AvgIpc) is 2.67. The minimum Gasteiger partial charge on any atom is -0.273 e. The highest BCUT2D eigenvalue weighted by atomic mass is 16.2. The van der Waals surface area contributed by atoms with Crippen molar-refractivity contribution in [3.8, 4) is 12.0 Å². The van der Waals surface area contributed by atoms with Gasteiger partial charge in [-0.3, -0.25) is 9.69 Å². The summed E-state index contributed by atoms with van der Waals surface area (Å²) < 4.78 is 0.